The number of carbonyl (C=O) groups excluding carboxylic acids is 1. The summed E-state index contributed by atoms with van der Waals surface area (Å²) < 4.78 is 22.1. The SMILES string of the molecule is CCCCCCCCCCC/C=C\CCCCCC(O)CC(=O)NC(COP(=O)(O)OCCN)C(O)CCCCCCCCCCCCCCCC. The molecule has 0 aromatic carbocycles. The van der Waals surface area contributed by atoms with E-state index in [2.05, 4.69) is 31.3 Å². The first-order chi connectivity index (χ1) is 25.3. The molecule has 0 aliphatic rings. The Balaban J connectivity index is 4.28. The number of unbranched alkanes of at least 4 members (excludes halogenated alkanes) is 25. The van der Waals surface area contributed by atoms with E-state index >= 15 is 0 Å². The molecule has 0 bridgehead atoms. The molecular weight excluding hydrogens is 675 g/mol. The lowest BCUT2D eigenvalue weighted by Crippen LogP contribution is -2.47. The van der Waals surface area contributed by atoms with E-state index in [9.17, 15) is 24.5 Å². The van der Waals surface area contributed by atoms with Crippen molar-refractivity contribution in [3.63, 3.8) is 0 Å². The maximum absolute atomic E-state index is 12.8. The van der Waals surface area contributed by atoms with Crippen LogP contribution in [0.15, 0.2) is 12.2 Å². The van der Waals surface area contributed by atoms with Crippen LogP contribution in [-0.2, 0) is 18.4 Å². The molecule has 0 aliphatic heterocycles. The predicted molar refractivity (Wildman–Crippen MR) is 218 cm³/mol. The van der Waals surface area contributed by atoms with Gasteiger partial charge in [-0.2, -0.15) is 0 Å². The van der Waals surface area contributed by atoms with Gasteiger partial charge in [-0.1, -0.05) is 180 Å². The quantitative estimate of drug-likeness (QED) is 0.0235. The molecule has 0 aromatic rings. The molecule has 0 aliphatic carbocycles. The summed E-state index contributed by atoms with van der Waals surface area (Å²) in [6.45, 7) is 4.05. The molecule has 0 heterocycles. The Hall–Kier alpha value is -0.800. The van der Waals surface area contributed by atoms with E-state index in [1.807, 2.05) is 0 Å². The van der Waals surface area contributed by atoms with Gasteiger partial charge >= 0.3 is 7.82 Å². The highest BCUT2D eigenvalue weighted by atomic mass is 31.2. The standard InChI is InChI=1S/C42H85N2O7P/c1-3-5-7-9-11-13-15-17-19-20-21-23-25-27-29-31-33-39(45)37-42(47)44-40(38-51-52(48,49)50-36-35-43)41(46)34-32-30-28-26-24-22-18-16-14-12-10-8-6-4-2/h21,23,39-41,45-46H,3-20,22,24-38,43H2,1-2H3,(H,44,47)(H,48,49)/b23-21-. The van der Waals surface area contributed by atoms with Crippen LogP contribution in [0.4, 0.5) is 0 Å². The number of rotatable bonds is 41. The van der Waals surface area contributed by atoms with Gasteiger partial charge in [-0.05, 0) is 38.5 Å². The second-order valence-electron chi connectivity index (χ2n) is 15.1. The lowest BCUT2D eigenvalue weighted by atomic mass is 10.0. The van der Waals surface area contributed by atoms with Crippen molar-refractivity contribution in [3.8, 4) is 0 Å². The van der Waals surface area contributed by atoms with Gasteiger partial charge in [-0.25, -0.2) is 4.57 Å². The number of phosphoric ester groups is 1. The molecule has 9 nitrogen and oxygen atoms in total. The highest BCUT2D eigenvalue weighted by Crippen LogP contribution is 2.43. The molecule has 4 unspecified atom stereocenters. The summed E-state index contributed by atoms with van der Waals surface area (Å²) in [5, 5.41) is 24.2. The molecule has 0 radical (unpaired) electrons. The highest BCUT2D eigenvalue weighted by Gasteiger charge is 2.28. The number of nitrogens with two attached hydrogens (primary N) is 1. The van der Waals surface area contributed by atoms with Gasteiger partial charge in [-0.15, -0.1) is 0 Å². The van der Waals surface area contributed by atoms with E-state index in [1.165, 1.54) is 128 Å². The van der Waals surface area contributed by atoms with Crippen LogP contribution in [0.3, 0.4) is 0 Å². The summed E-state index contributed by atoms with van der Waals surface area (Å²) in [6.07, 6.45) is 38.2. The first-order valence-corrected chi connectivity index (χ1v) is 23.4. The maximum atomic E-state index is 12.8. The number of nitrogens with one attached hydrogen (secondary N) is 1. The number of hydrogen-bond donors (Lipinski definition) is 5. The van der Waals surface area contributed by atoms with Crippen LogP contribution in [0, 0.1) is 0 Å². The average Bonchev–Trinajstić information content (AvgIpc) is 3.12. The van der Waals surface area contributed by atoms with E-state index in [-0.39, 0.29) is 26.2 Å². The van der Waals surface area contributed by atoms with Gasteiger partial charge in [-0.3, -0.25) is 13.8 Å². The van der Waals surface area contributed by atoms with Crippen LogP contribution in [-0.4, -0.2) is 59.0 Å². The topological polar surface area (TPSA) is 151 Å². The van der Waals surface area contributed by atoms with Crippen molar-refractivity contribution in [1.29, 1.82) is 0 Å². The average molecular weight is 761 g/mol. The van der Waals surface area contributed by atoms with Crippen LogP contribution < -0.4 is 11.1 Å². The normalized spacial score (nSPS) is 14.8. The van der Waals surface area contributed by atoms with E-state index in [0.717, 1.165) is 51.4 Å². The second-order valence-corrected chi connectivity index (χ2v) is 16.6. The number of aliphatic hydroxyl groups is 2. The first kappa shape index (κ1) is 51.2. The van der Waals surface area contributed by atoms with Gasteiger partial charge in [0.15, 0.2) is 0 Å². The van der Waals surface area contributed by atoms with Crippen molar-refractivity contribution < 1.29 is 33.5 Å². The third-order valence-corrected chi connectivity index (χ3v) is 10.9. The van der Waals surface area contributed by atoms with Gasteiger partial charge < -0.3 is 26.2 Å². The molecule has 4 atom stereocenters. The summed E-state index contributed by atoms with van der Waals surface area (Å²) in [5.74, 6) is -0.420. The van der Waals surface area contributed by atoms with Gasteiger partial charge in [0.25, 0.3) is 0 Å². The molecule has 0 saturated carbocycles. The van der Waals surface area contributed by atoms with Crippen molar-refractivity contribution >= 4 is 13.7 Å². The van der Waals surface area contributed by atoms with E-state index < -0.39 is 32.0 Å². The van der Waals surface area contributed by atoms with Gasteiger partial charge in [0, 0.05) is 6.54 Å². The maximum Gasteiger partial charge on any atom is 0.472 e. The minimum atomic E-state index is -4.37. The first-order valence-electron chi connectivity index (χ1n) is 21.9. The third-order valence-electron chi connectivity index (χ3n) is 9.92. The molecule has 10 heteroatoms. The Morgan fingerprint density at radius 2 is 1.04 bits per heavy atom. The molecular formula is C42H85N2O7P. The summed E-state index contributed by atoms with van der Waals surface area (Å²) >= 11 is 0. The molecule has 0 rings (SSSR count). The zero-order chi connectivity index (χ0) is 38.4. The van der Waals surface area contributed by atoms with Crippen LogP contribution in [0.2, 0.25) is 0 Å². The number of hydrogen-bond acceptors (Lipinski definition) is 7. The zero-order valence-corrected chi connectivity index (χ0v) is 34.8. The fraction of sp³-hybridized carbons (Fsp3) is 0.929. The van der Waals surface area contributed by atoms with Crippen LogP contribution in [0.1, 0.15) is 213 Å². The van der Waals surface area contributed by atoms with Crippen LogP contribution in [0.25, 0.3) is 0 Å². The minimum absolute atomic E-state index is 0.0593. The molecule has 6 N–H and O–H groups in total. The smallest absolute Gasteiger partial charge is 0.393 e. The Morgan fingerprint density at radius 3 is 1.50 bits per heavy atom. The number of amides is 1. The Labute approximate surface area is 320 Å². The fourth-order valence-electron chi connectivity index (χ4n) is 6.59. The van der Waals surface area contributed by atoms with Gasteiger partial charge in [0.1, 0.15) is 0 Å². The molecule has 0 saturated heterocycles. The number of aliphatic hydroxyl groups excluding tert-OH is 2. The largest absolute Gasteiger partial charge is 0.472 e. The Kier molecular flexibility index (Phi) is 37.9. The van der Waals surface area contributed by atoms with E-state index in [0.29, 0.717) is 12.8 Å². The van der Waals surface area contributed by atoms with Crippen molar-refractivity contribution in [2.75, 3.05) is 19.8 Å². The highest BCUT2D eigenvalue weighted by molar-refractivity contribution is 7.47. The molecule has 0 fully saturated rings. The van der Waals surface area contributed by atoms with Gasteiger partial charge in [0.2, 0.25) is 5.91 Å². The zero-order valence-electron chi connectivity index (χ0n) is 33.9. The number of allylic oxidation sites excluding steroid dienone is 2. The summed E-state index contributed by atoms with van der Waals surface area (Å²) in [7, 11) is -4.37. The monoisotopic (exact) mass is 761 g/mol. The lowest BCUT2D eigenvalue weighted by Gasteiger charge is -2.25. The molecule has 1 amide bonds. The van der Waals surface area contributed by atoms with E-state index in [4.69, 9.17) is 14.8 Å². The van der Waals surface area contributed by atoms with Crippen molar-refractivity contribution in [2.45, 2.75) is 231 Å². The Bertz CT molecular complexity index is 847. The fourth-order valence-corrected chi connectivity index (χ4v) is 7.35. The molecule has 0 aromatic heterocycles. The lowest BCUT2D eigenvalue weighted by molar-refractivity contribution is -0.125. The summed E-state index contributed by atoms with van der Waals surface area (Å²) in [6, 6.07) is -0.897. The van der Waals surface area contributed by atoms with Crippen molar-refractivity contribution in [1.82, 2.24) is 5.32 Å². The third kappa shape index (κ3) is 36.2. The van der Waals surface area contributed by atoms with Crippen molar-refractivity contribution in [2.24, 2.45) is 5.73 Å². The molecule has 310 valence electrons. The molecule has 52 heavy (non-hydrogen) atoms. The van der Waals surface area contributed by atoms with Gasteiger partial charge in [0.05, 0.1) is 37.9 Å². The summed E-state index contributed by atoms with van der Waals surface area (Å²) in [4.78, 5) is 22.8. The Morgan fingerprint density at radius 1 is 0.635 bits per heavy atom. The number of carbonyl (C=O) groups is 1. The second kappa shape index (κ2) is 38.5. The molecule has 0 spiro atoms. The predicted octanol–water partition coefficient (Wildman–Crippen LogP) is 11.0. The van der Waals surface area contributed by atoms with E-state index in [1.54, 1.807) is 0 Å². The van der Waals surface area contributed by atoms with Crippen LogP contribution in [0.5, 0.6) is 0 Å². The summed E-state index contributed by atoms with van der Waals surface area (Å²) in [5.41, 5.74) is 5.37. The number of phosphoric acid groups is 1. The minimum Gasteiger partial charge on any atom is -0.393 e. The van der Waals surface area contributed by atoms with Crippen molar-refractivity contribution in [3.05, 3.63) is 12.2 Å². The van der Waals surface area contributed by atoms with Crippen LogP contribution >= 0.6 is 7.82 Å².